The van der Waals surface area contributed by atoms with Crippen LogP contribution in [0.15, 0.2) is 97.1 Å². The van der Waals surface area contributed by atoms with Crippen molar-refractivity contribution in [2.24, 2.45) is 0 Å². The van der Waals surface area contributed by atoms with Crippen molar-refractivity contribution in [2.45, 2.75) is 128 Å². The van der Waals surface area contributed by atoms with Crippen LogP contribution in [0.5, 0.6) is 5.75 Å². The minimum absolute atomic E-state index is 0.0369. The fraction of sp³-hybridized carbons (Fsp3) is 0.344. The van der Waals surface area contributed by atoms with Crippen molar-refractivity contribution < 1.29 is 4.74 Å². The van der Waals surface area contributed by atoms with E-state index in [0.29, 0.717) is 6.61 Å². The Morgan fingerprint density at radius 1 is 0.446 bits per heavy atom. The third-order valence-corrected chi connectivity index (χ3v) is 15.8. The van der Waals surface area contributed by atoms with E-state index in [-0.39, 0.29) is 23.7 Å². The van der Waals surface area contributed by atoms with Gasteiger partial charge in [0.15, 0.2) is 0 Å². The quantitative estimate of drug-likeness (QED) is 0.0807. The summed E-state index contributed by atoms with van der Waals surface area (Å²) in [5.74, 6) is 16.3. The lowest BCUT2D eigenvalue weighted by molar-refractivity contribution is 0.301. The molecule has 0 radical (unpaired) electrons. The van der Waals surface area contributed by atoms with Gasteiger partial charge in [0.25, 0.3) is 0 Å². The van der Waals surface area contributed by atoms with Gasteiger partial charge in [-0.15, -0.1) is 5.92 Å². The number of nitrogens with zero attached hydrogens (tertiary/aromatic N) is 2. The molecule has 324 valence electrons. The maximum atomic E-state index is 6.74. The number of hydrogen-bond donors (Lipinski definition) is 0. The molecule has 6 aliphatic carbocycles. The highest BCUT2D eigenvalue weighted by molar-refractivity contribution is 7.00. The molecule has 6 aromatic carbocycles. The van der Waals surface area contributed by atoms with Gasteiger partial charge in [-0.1, -0.05) is 192 Å². The summed E-state index contributed by atoms with van der Waals surface area (Å²) >= 11 is 1.27. The normalized spacial score (nSPS) is 17.5. The molecule has 4 bridgehead atoms. The molecule has 6 aliphatic rings. The fourth-order valence-corrected chi connectivity index (χ4v) is 13.0. The molecule has 0 atom stereocenters. The minimum atomic E-state index is 0.0369. The Bertz CT molecular complexity index is 2890. The van der Waals surface area contributed by atoms with Gasteiger partial charge in [-0.05, 0) is 94.0 Å². The first-order chi connectivity index (χ1) is 32.1. The molecule has 0 aliphatic heterocycles. The Hall–Kier alpha value is -5.94. The zero-order valence-corrected chi connectivity index (χ0v) is 39.3. The van der Waals surface area contributed by atoms with Crippen molar-refractivity contribution in [3.8, 4) is 29.4 Å². The van der Waals surface area contributed by atoms with E-state index in [1.54, 1.807) is 0 Å². The average Bonchev–Trinajstić information content (AvgIpc) is 3.84. The lowest BCUT2D eigenvalue weighted by Crippen LogP contribution is -2.35. The largest absolute Gasteiger partial charge is 0.493 e. The van der Waals surface area contributed by atoms with Gasteiger partial charge in [-0.25, -0.2) is 0 Å². The number of hydrogen-bond acceptors (Lipinski definition) is 4. The Balaban J connectivity index is 1.02. The van der Waals surface area contributed by atoms with Crippen LogP contribution in [0.25, 0.3) is 11.0 Å². The molecule has 0 saturated carbocycles. The predicted octanol–water partition coefficient (Wildman–Crippen LogP) is 15.1. The monoisotopic (exact) mass is 866 g/mol. The standard InChI is InChI=1S/C61H58N2OS/c1-5-7-8-9-10-11-12-13-14-15-16-25-37-64-61-38(3)40(60-59(39(61)4)62-65-63-60)35-36-50-57-53-45-31-21-17-27-41(45)51(42-28-18-22-32-46(42)53)55(57)49(26-6-2)56-52-43-29-19-23-33-47(43)54(58(50)56)48-34-24-20-30-44(48)52/h17-24,27-34,51-54H,5,7-16,25,37H2,1-4H3. The van der Waals surface area contributed by atoms with E-state index in [1.165, 1.54) is 155 Å². The van der Waals surface area contributed by atoms with Gasteiger partial charge >= 0.3 is 0 Å². The van der Waals surface area contributed by atoms with Gasteiger partial charge in [-0.2, -0.15) is 8.75 Å². The van der Waals surface area contributed by atoms with Gasteiger partial charge < -0.3 is 4.74 Å². The van der Waals surface area contributed by atoms with Crippen LogP contribution in [0.2, 0.25) is 0 Å². The lowest BCUT2D eigenvalue weighted by Gasteiger charge is -2.48. The summed E-state index contributed by atoms with van der Waals surface area (Å²) in [7, 11) is 0. The summed E-state index contributed by atoms with van der Waals surface area (Å²) < 4.78 is 16.5. The van der Waals surface area contributed by atoms with Crippen LogP contribution in [0, 0.1) is 37.5 Å². The molecule has 65 heavy (non-hydrogen) atoms. The van der Waals surface area contributed by atoms with E-state index in [4.69, 9.17) is 13.5 Å². The van der Waals surface area contributed by atoms with E-state index in [0.717, 1.165) is 45.5 Å². The number of rotatable bonds is 14. The summed E-state index contributed by atoms with van der Waals surface area (Å²) in [4.78, 5) is 0. The van der Waals surface area contributed by atoms with E-state index in [1.807, 2.05) is 6.92 Å². The Morgan fingerprint density at radius 3 is 1.20 bits per heavy atom. The molecule has 0 saturated heterocycles. The third-order valence-electron chi connectivity index (χ3n) is 15.2. The van der Waals surface area contributed by atoms with E-state index < -0.39 is 0 Å². The van der Waals surface area contributed by atoms with Crippen LogP contribution in [-0.2, 0) is 0 Å². The van der Waals surface area contributed by atoms with Crippen molar-refractivity contribution in [1.82, 2.24) is 8.75 Å². The molecule has 1 heterocycles. The number of ether oxygens (including phenoxy) is 1. The van der Waals surface area contributed by atoms with Gasteiger partial charge in [0.1, 0.15) is 16.8 Å². The predicted molar refractivity (Wildman–Crippen MR) is 268 cm³/mol. The van der Waals surface area contributed by atoms with Crippen LogP contribution in [0.3, 0.4) is 0 Å². The highest BCUT2D eigenvalue weighted by atomic mass is 32.1. The first-order valence-corrected chi connectivity index (χ1v) is 25.3. The second-order valence-electron chi connectivity index (χ2n) is 18.9. The van der Waals surface area contributed by atoms with Crippen LogP contribution >= 0.6 is 11.7 Å². The lowest BCUT2D eigenvalue weighted by atomic mass is 9.53. The SMILES string of the molecule is CC#Cc1c2c(c(C#Cc3c(C)c(OCCCCCCCCCCCCCC)c(C)c4nsnc34)c3c1C1c4ccccc4C3c3ccccc31)C1c3ccccc3C2c2ccccc21. The first-order valence-electron chi connectivity index (χ1n) is 24.5. The van der Waals surface area contributed by atoms with Gasteiger partial charge in [-0.3, -0.25) is 0 Å². The zero-order valence-electron chi connectivity index (χ0n) is 38.5. The second-order valence-corrected chi connectivity index (χ2v) is 19.5. The van der Waals surface area contributed by atoms with Crippen molar-refractivity contribution in [3.05, 3.63) is 192 Å². The second kappa shape index (κ2) is 17.8. The molecule has 0 fully saturated rings. The van der Waals surface area contributed by atoms with Crippen LogP contribution in [0.1, 0.15) is 209 Å². The van der Waals surface area contributed by atoms with Crippen molar-refractivity contribution in [3.63, 3.8) is 0 Å². The van der Waals surface area contributed by atoms with E-state index in [2.05, 4.69) is 142 Å². The summed E-state index contributed by atoms with van der Waals surface area (Å²) in [6, 6.07) is 36.6. The number of aryl methyl sites for hydroxylation is 1. The minimum Gasteiger partial charge on any atom is -0.493 e. The van der Waals surface area contributed by atoms with Gasteiger partial charge in [0.2, 0.25) is 0 Å². The molecule has 0 N–H and O–H groups in total. The average molecular weight is 867 g/mol. The topological polar surface area (TPSA) is 35.0 Å². The Labute approximate surface area is 390 Å². The first kappa shape index (κ1) is 41.7. The Kier molecular flexibility index (Phi) is 11.4. The van der Waals surface area contributed by atoms with Gasteiger partial charge in [0.05, 0.1) is 23.9 Å². The molecule has 0 amide bonds. The fourth-order valence-electron chi connectivity index (χ4n) is 12.4. The van der Waals surface area contributed by atoms with Crippen molar-refractivity contribution in [1.29, 1.82) is 0 Å². The summed E-state index contributed by atoms with van der Waals surface area (Å²) in [6.45, 7) is 9.31. The number of aromatic nitrogens is 2. The smallest absolute Gasteiger partial charge is 0.128 e. The molecular weight excluding hydrogens is 809 g/mol. The summed E-state index contributed by atoms with van der Waals surface area (Å²) in [5.41, 5.74) is 23.6. The number of benzene rings is 6. The summed E-state index contributed by atoms with van der Waals surface area (Å²) in [5, 5.41) is 0. The van der Waals surface area contributed by atoms with Crippen LogP contribution < -0.4 is 4.74 Å². The molecule has 7 aromatic rings. The van der Waals surface area contributed by atoms with Crippen LogP contribution in [0.4, 0.5) is 0 Å². The highest BCUT2D eigenvalue weighted by Crippen LogP contribution is 2.64. The zero-order chi connectivity index (χ0) is 44.0. The van der Waals surface area contributed by atoms with Gasteiger partial charge in [0, 0.05) is 45.9 Å². The molecule has 1 aromatic heterocycles. The number of unbranched alkanes of at least 4 members (excludes halogenated alkanes) is 11. The molecule has 13 rings (SSSR count). The maximum absolute atomic E-state index is 6.74. The molecule has 0 spiro atoms. The Morgan fingerprint density at radius 2 is 0.800 bits per heavy atom. The molecule has 0 unspecified atom stereocenters. The highest BCUT2D eigenvalue weighted by Gasteiger charge is 2.50. The molecule has 3 nitrogen and oxygen atoms in total. The van der Waals surface area contributed by atoms with E-state index >= 15 is 0 Å². The number of fused-ring (bicyclic) bond motifs is 1. The van der Waals surface area contributed by atoms with Crippen LogP contribution in [-0.4, -0.2) is 15.4 Å². The molecular formula is C61H58N2OS. The maximum Gasteiger partial charge on any atom is 0.128 e. The van der Waals surface area contributed by atoms with E-state index in [9.17, 15) is 0 Å². The molecule has 4 heteroatoms. The van der Waals surface area contributed by atoms with Crippen molar-refractivity contribution in [2.75, 3.05) is 6.61 Å². The van der Waals surface area contributed by atoms with Crippen molar-refractivity contribution >= 4 is 22.8 Å². The third kappa shape index (κ3) is 6.86. The summed E-state index contributed by atoms with van der Waals surface area (Å²) in [6.07, 6.45) is 15.9.